The van der Waals surface area contributed by atoms with Gasteiger partial charge < -0.3 is 14.6 Å². The molecule has 0 aromatic rings. The molecular formula is C7H12O4. The fourth-order valence-electron chi connectivity index (χ4n) is 1.01. The van der Waals surface area contributed by atoms with E-state index in [1.54, 1.807) is 0 Å². The molecule has 2 atom stereocenters. The molecule has 4 heteroatoms. The van der Waals surface area contributed by atoms with Crippen LogP contribution >= 0.6 is 0 Å². The van der Waals surface area contributed by atoms with Crippen molar-refractivity contribution in [2.24, 2.45) is 0 Å². The van der Waals surface area contributed by atoms with Gasteiger partial charge in [0.05, 0.1) is 12.7 Å². The first kappa shape index (κ1) is 8.49. The molecular weight excluding hydrogens is 148 g/mol. The van der Waals surface area contributed by atoms with Crippen LogP contribution in [0.4, 0.5) is 0 Å². The molecule has 1 saturated heterocycles. The van der Waals surface area contributed by atoms with Crippen LogP contribution in [0.25, 0.3) is 0 Å². The zero-order valence-corrected chi connectivity index (χ0v) is 6.66. The van der Waals surface area contributed by atoms with Gasteiger partial charge in [-0.15, -0.1) is 0 Å². The minimum Gasteiger partial charge on any atom is -0.477 e. The van der Waals surface area contributed by atoms with Gasteiger partial charge in [0.15, 0.2) is 0 Å². The Morgan fingerprint density at radius 3 is 2.73 bits per heavy atom. The molecule has 0 spiro atoms. The minimum absolute atomic E-state index is 0.0372. The predicted molar refractivity (Wildman–Crippen MR) is 37.2 cm³/mol. The maximum Gasteiger partial charge on any atom is 0.364 e. The van der Waals surface area contributed by atoms with E-state index in [-0.39, 0.29) is 6.10 Å². The van der Waals surface area contributed by atoms with Gasteiger partial charge in [0.1, 0.15) is 0 Å². The molecule has 1 N–H and O–H groups in total. The van der Waals surface area contributed by atoms with E-state index in [2.05, 4.69) is 0 Å². The first-order valence-electron chi connectivity index (χ1n) is 3.60. The van der Waals surface area contributed by atoms with Gasteiger partial charge in [0.2, 0.25) is 0 Å². The second-order valence-electron chi connectivity index (χ2n) is 2.82. The molecule has 4 nitrogen and oxygen atoms in total. The molecule has 0 unspecified atom stereocenters. The lowest BCUT2D eigenvalue weighted by molar-refractivity contribution is -0.276. The summed E-state index contributed by atoms with van der Waals surface area (Å²) in [4.78, 5) is 10.6. The summed E-state index contributed by atoms with van der Waals surface area (Å²) in [5.41, 5.74) is 0. The van der Waals surface area contributed by atoms with Gasteiger partial charge in [-0.1, -0.05) is 0 Å². The van der Waals surface area contributed by atoms with Crippen molar-refractivity contribution in [3.8, 4) is 0 Å². The van der Waals surface area contributed by atoms with Crippen LogP contribution in [-0.4, -0.2) is 29.6 Å². The molecule has 1 aliphatic heterocycles. The zero-order valence-electron chi connectivity index (χ0n) is 6.66. The van der Waals surface area contributed by atoms with Gasteiger partial charge in [-0.25, -0.2) is 4.79 Å². The standard InChI is InChI=1S/C7H12O4/c1-5-3-4-10-7(2,11-5)6(8)9/h5H,3-4H2,1-2H3,(H,8,9)/t5-,7+/m1/s1. The van der Waals surface area contributed by atoms with Crippen LogP contribution in [-0.2, 0) is 14.3 Å². The smallest absolute Gasteiger partial charge is 0.364 e. The first-order chi connectivity index (χ1) is 5.04. The van der Waals surface area contributed by atoms with Gasteiger partial charge >= 0.3 is 5.97 Å². The third-order valence-electron chi connectivity index (χ3n) is 1.72. The Hall–Kier alpha value is -0.610. The number of carboxylic acids is 1. The quantitative estimate of drug-likeness (QED) is 0.610. The van der Waals surface area contributed by atoms with Crippen molar-refractivity contribution < 1.29 is 19.4 Å². The average molecular weight is 160 g/mol. The summed E-state index contributed by atoms with van der Waals surface area (Å²) in [6.07, 6.45) is 0.716. The second kappa shape index (κ2) is 2.79. The Morgan fingerprint density at radius 2 is 2.36 bits per heavy atom. The van der Waals surface area contributed by atoms with Gasteiger partial charge in [-0.3, -0.25) is 0 Å². The van der Waals surface area contributed by atoms with E-state index >= 15 is 0 Å². The van der Waals surface area contributed by atoms with Gasteiger partial charge in [0, 0.05) is 6.92 Å². The van der Waals surface area contributed by atoms with Crippen LogP contribution in [0.5, 0.6) is 0 Å². The molecule has 0 bridgehead atoms. The summed E-state index contributed by atoms with van der Waals surface area (Å²) in [7, 11) is 0. The fourth-order valence-corrected chi connectivity index (χ4v) is 1.01. The summed E-state index contributed by atoms with van der Waals surface area (Å²) in [5, 5.41) is 8.67. The van der Waals surface area contributed by atoms with E-state index in [1.807, 2.05) is 6.92 Å². The number of carboxylic acid groups (broad SMARTS) is 1. The fraction of sp³-hybridized carbons (Fsp3) is 0.857. The highest BCUT2D eigenvalue weighted by molar-refractivity contribution is 5.75. The van der Waals surface area contributed by atoms with Crippen molar-refractivity contribution in [1.82, 2.24) is 0 Å². The van der Waals surface area contributed by atoms with Crippen LogP contribution < -0.4 is 0 Å². The number of carbonyl (C=O) groups is 1. The molecule has 0 amide bonds. The molecule has 0 radical (unpaired) electrons. The topological polar surface area (TPSA) is 55.8 Å². The highest BCUT2D eigenvalue weighted by atomic mass is 16.7. The minimum atomic E-state index is -1.43. The van der Waals surface area contributed by atoms with E-state index in [4.69, 9.17) is 14.6 Å². The summed E-state index contributed by atoms with van der Waals surface area (Å²) in [6.45, 7) is 3.71. The normalized spacial score (nSPS) is 38.5. The zero-order chi connectivity index (χ0) is 8.48. The molecule has 64 valence electrons. The van der Waals surface area contributed by atoms with Gasteiger partial charge in [-0.05, 0) is 13.3 Å². The SMILES string of the molecule is C[C@@H]1CCO[C@](C)(C(=O)O)O1. The lowest BCUT2D eigenvalue weighted by Crippen LogP contribution is -2.47. The number of hydrogen-bond donors (Lipinski definition) is 1. The lowest BCUT2D eigenvalue weighted by Gasteiger charge is -2.33. The maximum atomic E-state index is 10.6. The van der Waals surface area contributed by atoms with Gasteiger partial charge in [-0.2, -0.15) is 0 Å². The van der Waals surface area contributed by atoms with E-state index in [0.717, 1.165) is 6.42 Å². The molecule has 0 aromatic heterocycles. The summed E-state index contributed by atoms with van der Waals surface area (Å²) >= 11 is 0. The number of aliphatic carboxylic acids is 1. The van der Waals surface area contributed by atoms with Crippen LogP contribution in [0.15, 0.2) is 0 Å². The Balaban J connectivity index is 2.63. The maximum absolute atomic E-state index is 10.6. The Bertz CT molecular complexity index is 168. The van der Waals surface area contributed by atoms with Gasteiger partial charge in [0.25, 0.3) is 5.79 Å². The number of rotatable bonds is 1. The average Bonchev–Trinajstić information content (AvgIpc) is 1.86. The molecule has 0 aliphatic carbocycles. The van der Waals surface area contributed by atoms with E-state index in [1.165, 1.54) is 6.92 Å². The van der Waals surface area contributed by atoms with Crippen molar-refractivity contribution in [2.75, 3.05) is 6.61 Å². The third kappa shape index (κ3) is 1.70. The molecule has 1 fully saturated rings. The highest BCUT2D eigenvalue weighted by Gasteiger charge is 2.39. The monoisotopic (exact) mass is 160 g/mol. The Labute approximate surface area is 65.1 Å². The highest BCUT2D eigenvalue weighted by Crippen LogP contribution is 2.22. The van der Waals surface area contributed by atoms with Crippen LogP contribution in [0.2, 0.25) is 0 Å². The van der Waals surface area contributed by atoms with Crippen molar-refractivity contribution in [2.45, 2.75) is 32.2 Å². The second-order valence-corrected chi connectivity index (χ2v) is 2.82. The predicted octanol–water partition coefficient (Wildman–Crippen LogP) is 0.613. The molecule has 11 heavy (non-hydrogen) atoms. The summed E-state index contributed by atoms with van der Waals surface area (Å²) in [6, 6.07) is 0. The first-order valence-corrected chi connectivity index (χ1v) is 3.60. The van der Waals surface area contributed by atoms with E-state index < -0.39 is 11.8 Å². The Kier molecular flexibility index (Phi) is 2.15. The van der Waals surface area contributed by atoms with Crippen molar-refractivity contribution in [1.29, 1.82) is 0 Å². The van der Waals surface area contributed by atoms with E-state index in [0.29, 0.717) is 6.61 Å². The third-order valence-corrected chi connectivity index (χ3v) is 1.72. The molecule has 1 aliphatic rings. The molecule has 1 rings (SSSR count). The number of ether oxygens (including phenoxy) is 2. The van der Waals surface area contributed by atoms with Crippen LogP contribution in [0.3, 0.4) is 0 Å². The Morgan fingerprint density at radius 1 is 1.73 bits per heavy atom. The lowest BCUT2D eigenvalue weighted by atomic mass is 10.2. The van der Waals surface area contributed by atoms with Crippen molar-refractivity contribution in [3.63, 3.8) is 0 Å². The van der Waals surface area contributed by atoms with Crippen molar-refractivity contribution in [3.05, 3.63) is 0 Å². The van der Waals surface area contributed by atoms with Crippen LogP contribution in [0, 0.1) is 0 Å². The molecule has 1 heterocycles. The van der Waals surface area contributed by atoms with Crippen molar-refractivity contribution >= 4 is 5.97 Å². The summed E-state index contributed by atoms with van der Waals surface area (Å²) in [5.74, 6) is -2.50. The molecule has 0 aromatic carbocycles. The van der Waals surface area contributed by atoms with Crippen LogP contribution in [0.1, 0.15) is 20.3 Å². The molecule has 0 saturated carbocycles. The van der Waals surface area contributed by atoms with E-state index in [9.17, 15) is 4.79 Å². The largest absolute Gasteiger partial charge is 0.477 e. The summed E-state index contributed by atoms with van der Waals surface area (Å²) < 4.78 is 10.1. The number of hydrogen-bond acceptors (Lipinski definition) is 3.